The van der Waals surface area contributed by atoms with Crippen LogP contribution in [0, 0.1) is 6.92 Å². The summed E-state index contributed by atoms with van der Waals surface area (Å²) in [6.07, 6.45) is 0. The number of phenols is 5. The standard InChI is InChI=1S/C16H12O8/c1-5-7(17)4-8(18)11-13(22)14(23)16(24-15(5)11)6-2-9(19)12(21)10(20)3-6/h2-4,17-21,23H,1H3. The van der Waals surface area contributed by atoms with Gasteiger partial charge in [-0.1, -0.05) is 0 Å². The summed E-state index contributed by atoms with van der Waals surface area (Å²) >= 11 is 0. The van der Waals surface area contributed by atoms with Gasteiger partial charge in [-0.05, 0) is 19.1 Å². The number of benzene rings is 2. The molecular weight excluding hydrogens is 320 g/mol. The van der Waals surface area contributed by atoms with Crippen molar-refractivity contribution in [3.05, 3.63) is 34.0 Å². The summed E-state index contributed by atoms with van der Waals surface area (Å²) in [5.41, 5.74) is -1.08. The monoisotopic (exact) mass is 332 g/mol. The summed E-state index contributed by atoms with van der Waals surface area (Å²) in [5, 5.41) is 57.8. The van der Waals surface area contributed by atoms with Gasteiger partial charge in [-0.15, -0.1) is 0 Å². The van der Waals surface area contributed by atoms with Crippen molar-refractivity contribution < 1.29 is 35.1 Å². The predicted octanol–water partition coefficient (Wildman–Crippen LogP) is 2.00. The average molecular weight is 332 g/mol. The second-order valence-corrected chi connectivity index (χ2v) is 5.22. The van der Waals surface area contributed by atoms with Crippen LogP contribution in [0.4, 0.5) is 0 Å². The second kappa shape index (κ2) is 4.98. The Morgan fingerprint density at radius 2 is 1.38 bits per heavy atom. The van der Waals surface area contributed by atoms with Crippen LogP contribution in [0.1, 0.15) is 5.56 Å². The predicted molar refractivity (Wildman–Crippen MR) is 82.6 cm³/mol. The Morgan fingerprint density at radius 1 is 0.792 bits per heavy atom. The van der Waals surface area contributed by atoms with Gasteiger partial charge < -0.3 is 35.1 Å². The van der Waals surface area contributed by atoms with Crippen LogP contribution in [-0.2, 0) is 0 Å². The number of aryl methyl sites for hydroxylation is 1. The molecule has 0 radical (unpaired) electrons. The molecule has 8 nitrogen and oxygen atoms in total. The number of hydrogen-bond acceptors (Lipinski definition) is 8. The lowest BCUT2D eigenvalue weighted by Gasteiger charge is -2.11. The van der Waals surface area contributed by atoms with E-state index in [1.165, 1.54) is 6.92 Å². The minimum absolute atomic E-state index is 0.0958. The van der Waals surface area contributed by atoms with Gasteiger partial charge in [0.05, 0.1) is 0 Å². The third kappa shape index (κ3) is 2.04. The smallest absolute Gasteiger partial charge is 0.238 e. The minimum Gasteiger partial charge on any atom is -0.507 e. The summed E-state index contributed by atoms with van der Waals surface area (Å²) in [5.74, 6) is -4.33. The van der Waals surface area contributed by atoms with E-state index in [2.05, 4.69) is 0 Å². The molecule has 2 aromatic carbocycles. The number of hydrogen-bond donors (Lipinski definition) is 6. The summed E-state index contributed by atoms with van der Waals surface area (Å²) in [6.45, 7) is 1.44. The van der Waals surface area contributed by atoms with Gasteiger partial charge in [0.15, 0.2) is 23.0 Å². The molecule has 0 aliphatic carbocycles. The molecule has 0 fully saturated rings. The zero-order valence-corrected chi connectivity index (χ0v) is 12.2. The fraction of sp³-hybridized carbons (Fsp3) is 0.0625. The van der Waals surface area contributed by atoms with E-state index in [0.717, 1.165) is 18.2 Å². The van der Waals surface area contributed by atoms with Crippen LogP contribution in [0.3, 0.4) is 0 Å². The zero-order valence-electron chi connectivity index (χ0n) is 12.2. The summed E-state index contributed by atoms with van der Waals surface area (Å²) in [6, 6.07) is 2.89. The van der Waals surface area contributed by atoms with Gasteiger partial charge in [-0.2, -0.15) is 0 Å². The van der Waals surface area contributed by atoms with Crippen LogP contribution in [0.2, 0.25) is 0 Å². The first kappa shape index (κ1) is 15.3. The van der Waals surface area contributed by atoms with Gasteiger partial charge in [-0.25, -0.2) is 0 Å². The van der Waals surface area contributed by atoms with E-state index in [1.54, 1.807) is 0 Å². The van der Waals surface area contributed by atoms with Crippen molar-refractivity contribution >= 4 is 11.0 Å². The Hall–Kier alpha value is -3.55. The van der Waals surface area contributed by atoms with Crippen molar-refractivity contribution in [2.24, 2.45) is 0 Å². The minimum atomic E-state index is -0.959. The fourth-order valence-electron chi connectivity index (χ4n) is 2.38. The van der Waals surface area contributed by atoms with E-state index in [0.29, 0.717) is 0 Å². The largest absolute Gasteiger partial charge is 0.507 e. The Balaban J connectivity index is 2.45. The summed E-state index contributed by atoms with van der Waals surface area (Å²) in [4.78, 5) is 12.3. The van der Waals surface area contributed by atoms with E-state index in [9.17, 15) is 35.4 Å². The number of fused-ring (bicyclic) bond motifs is 1. The van der Waals surface area contributed by atoms with E-state index < -0.39 is 39.9 Å². The average Bonchev–Trinajstić information content (AvgIpc) is 2.52. The molecule has 6 N–H and O–H groups in total. The first-order valence-corrected chi connectivity index (χ1v) is 6.69. The maximum atomic E-state index is 12.3. The Labute approximate surface area is 133 Å². The van der Waals surface area contributed by atoms with Crippen molar-refractivity contribution in [1.29, 1.82) is 0 Å². The third-order valence-corrected chi connectivity index (χ3v) is 3.67. The summed E-state index contributed by atoms with van der Waals surface area (Å²) < 4.78 is 5.43. The second-order valence-electron chi connectivity index (χ2n) is 5.22. The van der Waals surface area contributed by atoms with Crippen molar-refractivity contribution in [2.45, 2.75) is 6.92 Å². The van der Waals surface area contributed by atoms with E-state index in [-0.39, 0.29) is 27.8 Å². The van der Waals surface area contributed by atoms with E-state index >= 15 is 0 Å². The normalized spacial score (nSPS) is 11.0. The van der Waals surface area contributed by atoms with Crippen molar-refractivity contribution in [3.8, 4) is 45.8 Å². The quantitative estimate of drug-likeness (QED) is 0.370. The first-order valence-electron chi connectivity index (χ1n) is 6.69. The van der Waals surface area contributed by atoms with Crippen LogP contribution in [0.25, 0.3) is 22.3 Å². The van der Waals surface area contributed by atoms with Gasteiger partial charge in [0.25, 0.3) is 0 Å². The highest BCUT2D eigenvalue weighted by Crippen LogP contribution is 2.42. The molecule has 3 aromatic rings. The maximum absolute atomic E-state index is 12.3. The van der Waals surface area contributed by atoms with Gasteiger partial charge in [-0.3, -0.25) is 4.79 Å². The number of rotatable bonds is 1. The van der Waals surface area contributed by atoms with E-state index in [1.807, 2.05) is 0 Å². The highest BCUT2D eigenvalue weighted by atomic mass is 16.4. The van der Waals surface area contributed by atoms with Crippen molar-refractivity contribution in [1.82, 2.24) is 0 Å². The molecule has 0 saturated heterocycles. The molecule has 0 aliphatic rings. The molecule has 0 aliphatic heterocycles. The topological polar surface area (TPSA) is 152 Å². The molecule has 0 amide bonds. The Kier molecular flexibility index (Phi) is 3.19. The lowest BCUT2D eigenvalue weighted by Crippen LogP contribution is -2.04. The molecule has 0 atom stereocenters. The SMILES string of the molecule is Cc1c(O)cc(O)c2c(=O)c(O)c(-c3cc(O)c(O)c(O)c3)oc12. The van der Waals surface area contributed by atoms with Crippen LogP contribution in [-0.4, -0.2) is 30.6 Å². The highest BCUT2D eigenvalue weighted by molar-refractivity contribution is 5.91. The molecule has 124 valence electrons. The molecular formula is C16H12O8. The van der Waals surface area contributed by atoms with Gasteiger partial charge >= 0.3 is 0 Å². The zero-order chi connectivity index (χ0) is 17.8. The molecule has 1 aromatic heterocycles. The van der Waals surface area contributed by atoms with Gasteiger partial charge in [0.2, 0.25) is 11.2 Å². The molecule has 0 spiro atoms. The molecule has 0 unspecified atom stereocenters. The molecule has 0 saturated carbocycles. The Bertz CT molecular complexity index is 1030. The van der Waals surface area contributed by atoms with Gasteiger partial charge in [0.1, 0.15) is 22.5 Å². The van der Waals surface area contributed by atoms with Gasteiger partial charge in [0, 0.05) is 17.2 Å². The van der Waals surface area contributed by atoms with Crippen LogP contribution in [0.15, 0.2) is 27.4 Å². The molecule has 1 heterocycles. The lowest BCUT2D eigenvalue weighted by atomic mass is 10.1. The van der Waals surface area contributed by atoms with Crippen molar-refractivity contribution in [2.75, 3.05) is 0 Å². The molecule has 24 heavy (non-hydrogen) atoms. The van der Waals surface area contributed by atoms with E-state index in [4.69, 9.17) is 4.42 Å². The molecule has 0 bridgehead atoms. The Morgan fingerprint density at radius 3 is 1.96 bits per heavy atom. The third-order valence-electron chi connectivity index (χ3n) is 3.67. The maximum Gasteiger partial charge on any atom is 0.238 e. The fourth-order valence-corrected chi connectivity index (χ4v) is 2.38. The van der Waals surface area contributed by atoms with Crippen LogP contribution in [0.5, 0.6) is 34.5 Å². The number of aromatic hydroxyl groups is 6. The number of phenolic OH excluding ortho intramolecular Hbond substituents is 5. The van der Waals surface area contributed by atoms with Crippen LogP contribution >= 0.6 is 0 Å². The highest BCUT2D eigenvalue weighted by Gasteiger charge is 2.22. The summed E-state index contributed by atoms with van der Waals surface area (Å²) in [7, 11) is 0. The molecule has 8 heteroatoms. The molecule has 3 rings (SSSR count). The van der Waals surface area contributed by atoms with Crippen molar-refractivity contribution in [3.63, 3.8) is 0 Å². The lowest BCUT2D eigenvalue weighted by molar-refractivity contribution is 0.368. The van der Waals surface area contributed by atoms with Crippen LogP contribution < -0.4 is 5.43 Å². The first-order chi connectivity index (χ1) is 11.2.